The molecule has 3 heterocycles. The summed E-state index contributed by atoms with van der Waals surface area (Å²) in [6, 6.07) is 9.33. The maximum atomic E-state index is 12.6. The summed E-state index contributed by atoms with van der Waals surface area (Å²) in [5.41, 5.74) is 4.22. The van der Waals surface area contributed by atoms with E-state index in [4.69, 9.17) is 9.73 Å². The molecule has 0 saturated carbocycles. The standard InChI is InChI=1S/C25H24Br2N4O4/c1-14-13-29-25-20(7-8-22(32)35-15(2)10-23(33)34-3)30-24(19-6-4-5-9-28-19)16-11-17(26)18(27)12-21(16)31(14)25/h4-6,9,11-13,15,20H,7-8,10H2,1-3H3/t15?,20-/m0/s1. The van der Waals surface area contributed by atoms with Crippen LogP contribution in [0.15, 0.2) is 56.7 Å². The molecule has 2 atom stereocenters. The lowest BCUT2D eigenvalue weighted by Crippen LogP contribution is -2.19. The second kappa shape index (κ2) is 10.8. The first-order chi connectivity index (χ1) is 16.8. The third-order valence-electron chi connectivity index (χ3n) is 5.63. The van der Waals surface area contributed by atoms with Crippen LogP contribution in [0.25, 0.3) is 5.69 Å². The van der Waals surface area contributed by atoms with Crippen LogP contribution in [0.5, 0.6) is 0 Å². The SMILES string of the molecule is COC(=O)CC(C)OC(=O)CC[C@@H]1N=C(c2ccccn2)c2cc(Br)c(Br)cc2-n2c(C)cnc21. The predicted molar refractivity (Wildman–Crippen MR) is 138 cm³/mol. The first-order valence-electron chi connectivity index (χ1n) is 11.1. The van der Waals surface area contributed by atoms with Gasteiger partial charge in [-0.2, -0.15) is 0 Å². The first-order valence-corrected chi connectivity index (χ1v) is 12.7. The van der Waals surface area contributed by atoms with Gasteiger partial charge in [0.2, 0.25) is 0 Å². The number of halogens is 2. The number of pyridine rings is 1. The van der Waals surface area contributed by atoms with Crippen molar-refractivity contribution in [3.05, 3.63) is 74.4 Å². The molecule has 1 aliphatic heterocycles. The van der Waals surface area contributed by atoms with Gasteiger partial charge in [0.25, 0.3) is 0 Å². The molecule has 182 valence electrons. The third-order valence-corrected chi connectivity index (χ3v) is 7.47. The molecule has 8 nitrogen and oxygen atoms in total. The van der Waals surface area contributed by atoms with E-state index in [-0.39, 0.29) is 12.8 Å². The van der Waals surface area contributed by atoms with Gasteiger partial charge in [0.05, 0.1) is 30.6 Å². The molecule has 0 bridgehead atoms. The number of benzene rings is 1. The number of aromatic nitrogens is 3. The maximum absolute atomic E-state index is 12.6. The van der Waals surface area contributed by atoms with Crippen LogP contribution in [-0.2, 0) is 19.1 Å². The summed E-state index contributed by atoms with van der Waals surface area (Å²) in [6.07, 6.45) is 3.48. The number of methoxy groups -OCH3 is 1. The van der Waals surface area contributed by atoms with Crippen molar-refractivity contribution >= 4 is 49.5 Å². The molecular formula is C25H24Br2N4O4. The van der Waals surface area contributed by atoms with Crippen molar-refractivity contribution in [2.24, 2.45) is 4.99 Å². The molecule has 0 fully saturated rings. The molecule has 4 rings (SSSR count). The predicted octanol–water partition coefficient (Wildman–Crippen LogP) is 5.27. The Bertz CT molecular complexity index is 1290. The highest BCUT2D eigenvalue weighted by molar-refractivity contribution is 9.13. The normalized spacial score (nSPS) is 15.3. The summed E-state index contributed by atoms with van der Waals surface area (Å²) < 4.78 is 13.9. The van der Waals surface area contributed by atoms with Crippen molar-refractivity contribution in [3.8, 4) is 5.69 Å². The largest absolute Gasteiger partial charge is 0.469 e. The zero-order valence-corrected chi connectivity index (χ0v) is 22.7. The lowest BCUT2D eigenvalue weighted by molar-refractivity contribution is -0.153. The third kappa shape index (κ3) is 5.54. The minimum Gasteiger partial charge on any atom is -0.469 e. The van der Waals surface area contributed by atoms with Crippen molar-refractivity contribution in [2.75, 3.05) is 7.11 Å². The molecule has 35 heavy (non-hydrogen) atoms. The molecule has 0 N–H and O–H groups in total. The Balaban J connectivity index is 1.70. The molecule has 0 radical (unpaired) electrons. The zero-order chi connectivity index (χ0) is 25.1. The number of rotatable bonds is 7. The minimum atomic E-state index is -0.570. The van der Waals surface area contributed by atoms with E-state index in [1.165, 1.54) is 7.11 Å². The summed E-state index contributed by atoms with van der Waals surface area (Å²) >= 11 is 7.24. The quantitative estimate of drug-likeness (QED) is 0.342. The van der Waals surface area contributed by atoms with Gasteiger partial charge in [-0.05, 0) is 76.4 Å². The Morgan fingerprint density at radius 1 is 1.14 bits per heavy atom. The van der Waals surface area contributed by atoms with E-state index in [2.05, 4.69) is 51.1 Å². The van der Waals surface area contributed by atoms with Crippen molar-refractivity contribution < 1.29 is 19.1 Å². The van der Waals surface area contributed by atoms with Gasteiger partial charge < -0.3 is 9.47 Å². The Morgan fingerprint density at radius 2 is 1.91 bits per heavy atom. The molecule has 0 saturated heterocycles. The van der Waals surface area contributed by atoms with Gasteiger partial charge in [-0.3, -0.25) is 24.1 Å². The van der Waals surface area contributed by atoms with E-state index in [1.54, 1.807) is 19.3 Å². The Hall–Kier alpha value is -2.85. The van der Waals surface area contributed by atoms with E-state index in [1.807, 2.05) is 37.3 Å². The number of aryl methyl sites for hydroxylation is 1. The molecular weight excluding hydrogens is 580 g/mol. The fourth-order valence-electron chi connectivity index (χ4n) is 4.00. The van der Waals surface area contributed by atoms with E-state index in [0.717, 1.165) is 43.1 Å². The average Bonchev–Trinajstić information content (AvgIpc) is 3.16. The maximum Gasteiger partial charge on any atom is 0.309 e. The van der Waals surface area contributed by atoms with Crippen LogP contribution < -0.4 is 0 Å². The second-order valence-electron chi connectivity index (χ2n) is 8.20. The van der Waals surface area contributed by atoms with Gasteiger partial charge >= 0.3 is 11.9 Å². The Morgan fingerprint density at radius 3 is 2.63 bits per heavy atom. The first kappa shape index (κ1) is 25.2. The molecule has 0 aliphatic carbocycles. The van der Waals surface area contributed by atoms with E-state index >= 15 is 0 Å². The van der Waals surface area contributed by atoms with Gasteiger partial charge in [-0.1, -0.05) is 6.07 Å². The van der Waals surface area contributed by atoms with E-state index in [0.29, 0.717) is 6.42 Å². The molecule has 1 aliphatic rings. The van der Waals surface area contributed by atoms with Gasteiger partial charge in [0.1, 0.15) is 18.0 Å². The number of carbonyl (C=O) groups is 2. The second-order valence-corrected chi connectivity index (χ2v) is 9.91. The lowest BCUT2D eigenvalue weighted by Gasteiger charge is -2.16. The number of esters is 2. The van der Waals surface area contributed by atoms with Crippen LogP contribution in [0.3, 0.4) is 0 Å². The minimum absolute atomic E-state index is 0.0102. The number of fused-ring (bicyclic) bond motifs is 3. The van der Waals surface area contributed by atoms with Crippen LogP contribution in [0, 0.1) is 6.92 Å². The lowest BCUT2D eigenvalue weighted by atomic mass is 10.0. The van der Waals surface area contributed by atoms with Crippen molar-refractivity contribution in [1.82, 2.24) is 14.5 Å². The molecule has 2 aromatic heterocycles. The Labute approximate surface area is 220 Å². The van der Waals surface area contributed by atoms with Gasteiger partial charge in [-0.15, -0.1) is 0 Å². The molecule has 10 heteroatoms. The summed E-state index contributed by atoms with van der Waals surface area (Å²) in [7, 11) is 1.30. The molecule has 3 aromatic rings. The highest BCUT2D eigenvalue weighted by Crippen LogP contribution is 2.37. The van der Waals surface area contributed by atoms with Gasteiger partial charge in [0, 0.05) is 39.0 Å². The number of ether oxygens (including phenoxy) is 2. The molecule has 0 amide bonds. The monoisotopic (exact) mass is 602 g/mol. The summed E-state index contributed by atoms with van der Waals surface area (Å²) in [5, 5.41) is 0. The highest BCUT2D eigenvalue weighted by Gasteiger charge is 2.29. The van der Waals surface area contributed by atoms with Crippen LogP contribution in [0.2, 0.25) is 0 Å². The van der Waals surface area contributed by atoms with Crippen LogP contribution in [0.4, 0.5) is 0 Å². The summed E-state index contributed by atoms with van der Waals surface area (Å²) in [6.45, 7) is 3.65. The molecule has 1 aromatic carbocycles. The van der Waals surface area contributed by atoms with Crippen LogP contribution >= 0.6 is 31.9 Å². The summed E-state index contributed by atoms with van der Waals surface area (Å²) in [4.78, 5) is 38.3. The number of hydrogen-bond acceptors (Lipinski definition) is 7. The number of carbonyl (C=O) groups excluding carboxylic acids is 2. The molecule has 1 unspecified atom stereocenters. The van der Waals surface area contributed by atoms with Crippen LogP contribution in [0.1, 0.15) is 55.0 Å². The number of imidazole rings is 1. The van der Waals surface area contributed by atoms with Crippen molar-refractivity contribution in [1.29, 1.82) is 0 Å². The van der Waals surface area contributed by atoms with E-state index < -0.39 is 24.1 Å². The average molecular weight is 604 g/mol. The van der Waals surface area contributed by atoms with Crippen LogP contribution in [-0.4, -0.2) is 45.4 Å². The summed E-state index contributed by atoms with van der Waals surface area (Å²) in [5.74, 6) is -0.0939. The highest BCUT2D eigenvalue weighted by atomic mass is 79.9. The topological polar surface area (TPSA) is 95.7 Å². The zero-order valence-electron chi connectivity index (χ0n) is 19.5. The number of hydrogen-bond donors (Lipinski definition) is 0. The van der Waals surface area contributed by atoms with Crippen molar-refractivity contribution in [2.45, 2.75) is 45.3 Å². The molecule has 0 spiro atoms. The Kier molecular flexibility index (Phi) is 7.81. The number of aliphatic imine (C=N–C) groups is 1. The fraction of sp³-hybridized carbons (Fsp3) is 0.320. The van der Waals surface area contributed by atoms with Gasteiger partial charge in [0.15, 0.2) is 0 Å². The fourth-order valence-corrected chi connectivity index (χ4v) is 4.67. The number of nitrogens with zero attached hydrogens (tertiary/aromatic N) is 4. The van der Waals surface area contributed by atoms with Gasteiger partial charge in [-0.25, -0.2) is 4.98 Å². The van der Waals surface area contributed by atoms with Crippen molar-refractivity contribution in [3.63, 3.8) is 0 Å². The van der Waals surface area contributed by atoms with E-state index in [9.17, 15) is 9.59 Å². The smallest absolute Gasteiger partial charge is 0.309 e.